The maximum absolute atomic E-state index is 4.37. The molecule has 0 spiro atoms. The third-order valence-electron chi connectivity index (χ3n) is 3.39. The van der Waals surface area contributed by atoms with Crippen molar-refractivity contribution in [3.8, 4) is 22.5 Å². The number of aromatic nitrogens is 4. The minimum absolute atomic E-state index is 0.855. The lowest BCUT2D eigenvalue weighted by atomic mass is 10.00. The average Bonchev–Trinajstić information content (AvgIpc) is 2.93. The average molecular weight is 279 g/mol. The first-order chi connectivity index (χ1) is 10.2. The van der Waals surface area contributed by atoms with Crippen LogP contribution in [0.4, 0.5) is 5.82 Å². The molecule has 1 aromatic carbocycles. The fraction of sp³-hybridized carbons (Fsp3) is 0.188. The number of aryl methyl sites for hydroxylation is 1. The topological polar surface area (TPSA) is 46.8 Å². The Kier molecular flexibility index (Phi) is 3.39. The summed E-state index contributed by atoms with van der Waals surface area (Å²) < 4.78 is 1.92. The predicted molar refractivity (Wildman–Crippen MR) is 84.0 cm³/mol. The van der Waals surface area contributed by atoms with E-state index < -0.39 is 0 Å². The number of nitrogens with zero attached hydrogens (tertiary/aromatic N) is 5. The summed E-state index contributed by atoms with van der Waals surface area (Å²) in [5.41, 5.74) is 3.31. The van der Waals surface area contributed by atoms with Crippen LogP contribution in [0.3, 0.4) is 0 Å². The molecule has 0 fully saturated rings. The predicted octanol–water partition coefficient (Wildman–Crippen LogP) is 2.61. The summed E-state index contributed by atoms with van der Waals surface area (Å²) in [7, 11) is 5.92. The van der Waals surface area contributed by atoms with Gasteiger partial charge >= 0.3 is 0 Å². The van der Waals surface area contributed by atoms with Crippen LogP contribution in [0.1, 0.15) is 0 Å². The minimum atomic E-state index is 0.855. The van der Waals surface area contributed by atoms with E-state index in [1.54, 1.807) is 6.33 Å². The van der Waals surface area contributed by atoms with Gasteiger partial charge in [0, 0.05) is 32.9 Å². The SMILES string of the molecule is CN(C)c1cc(-c2ccccc2-c2nncn2C)ccn1. The van der Waals surface area contributed by atoms with Crippen molar-refractivity contribution in [3.05, 3.63) is 48.9 Å². The van der Waals surface area contributed by atoms with Crippen LogP contribution in [-0.2, 0) is 7.05 Å². The van der Waals surface area contributed by atoms with E-state index in [0.717, 1.165) is 28.3 Å². The number of pyridine rings is 1. The van der Waals surface area contributed by atoms with Gasteiger partial charge in [-0.1, -0.05) is 24.3 Å². The molecule has 0 aliphatic rings. The third-order valence-corrected chi connectivity index (χ3v) is 3.39. The van der Waals surface area contributed by atoms with E-state index in [1.807, 2.05) is 55.0 Å². The molecular formula is C16H17N5. The summed E-state index contributed by atoms with van der Waals surface area (Å²) in [4.78, 5) is 6.36. The van der Waals surface area contributed by atoms with Crippen LogP contribution >= 0.6 is 0 Å². The van der Waals surface area contributed by atoms with Crippen molar-refractivity contribution in [2.24, 2.45) is 7.05 Å². The van der Waals surface area contributed by atoms with Gasteiger partial charge < -0.3 is 9.47 Å². The van der Waals surface area contributed by atoms with Crippen molar-refractivity contribution in [1.29, 1.82) is 0 Å². The summed E-state index contributed by atoms with van der Waals surface area (Å²) >= 11 is 0. The van der Waals surface area contributed by atoms with E-state index in [9.17, 15) is 0 Å². The molecule has 0 atom stereocenters. The molecule has 0 N–H and O–H groups in total. The summed E-state index contributed by atoms with van der Waals surface area (Å²) in [5.74, 6) is 1.79. The second-order valence-electron chi connectivity index (χ2n) is 5.11. The first-order valence-electron chi connectivity index (χ1n) is 6.74. The molecule has 3 aromatic rings. The summed E-state index contributed by atoms with van der Waals surface area (Å²) in [6, 6.07) is 12.3. The molecule has 0 radical (unpaired) electrons. The molecule has 0 unspecified atom stereocenters. The van der Waals surface area contributed by atoms with Crippen molar-refractivity contribution in [3.63, 3.8) is 0 Å². The zero-order valence-electron chi connectivity index (χ0n) is 12.4. The van der Waals surface area contributed by atoms with E-state index in [1.165, 1.54) is 0 Å². The van der Waals surface area contributed by atoms with Gasteiger partial charge in [-0.2, -0.15) is 0 Å². The number of anilines is 1. The first-order valence-corrected chi connectivity index (χ1v) is 6.74. The number of benzene rings is 1. The molecule has 0 aliphatic carbocycles. The lowest BCUT2D eigenvalue weighted by Gasteiger charge is -2.14. The van der Waals surface area contributed by atoms with Gasteiger partial charge in [0.1, 0.15) is 12.1 Å². The number of hydrogen-bond acceptors (Lipinski definition) is 4. The van der Waals surface area contributed by atoms with Crippen molar-refractivity contribution in [2.45, 2.75) is 0 Å². The lowest BCUT2D eigenvalue weighted by Crippen LogP contribution is -2.10. The van der Waals surface area contributed by atoms with E-state index in [0.29, 0.717) is 0 Å². The Balaban J connectivity index is 2.16. The quantitative estimate of drug-likeness (QED) is 0.739. The molecule has 2 aromatic heterocycles. The zero-order valence-corrected chi connectivity index (χ0v) is 12.4. The molecule has 0 bridgehead atoms. The molecule has 21 heavy (non-hydrogen) atoms. The van der Waals surface area contributed by atoms with Gasteiger partial charge in [0.2, 0.25) is 0 Å². The van der Waals surface area contributed by atoms with Gasteiger partial charge in [0.05, 0.1) is 0 Å². The second kappa shape index (κ2) is 5.36. The zero-order chi connectivity index (χ0) is 14.8. The monoisotopic (exact) mass is 279 g/mol. The molecule has 3 rings (SSSR count). The highest BCUT2D eigenvalue weighted by atomic mass is 15.2. The Morgan fingerprint density at radius 2 is 1.81 bits per heavy atom. The van der Waals surface area contributed by atoms with Gasteiger partial charge in [0.25, 0.3) is 0 Å². The molecule has 5 nitrogen and oxygen atoms in total. The second-order valence-corrected chi connectivity index (χ2v) is 5.11. The van der Waals surface area contributed by atoms with Crippen LogP contribution in [0.25, 0.3) is 22.5 Å². The van der Waals surface area contributed by atoms with Crippen LogP contribution in [-0.4, -0.2) is 33.8 Å². The van der Waals surface area contributed by atoms with Crippen molar-refractivity contribution in [1.82, 2.24) is 19.7 Å². The molecule has 0 saturated heterocycles. The summed E-state index contributed by atoms with van der Waals surface area (Å²) in [6.45, 7) is 0. The smallest absolute Gasteiger partial charge is 0.164 e. The van der Waals surface area contributed by atoms with E-state index in [4.69, 9.17) is 0 Å². The van der Waals surface area contributed by atoms with Crippen LogP contribution < -0.4 is 4.90 Å². The van der Waals surface area contributed by atoms with Crippen LogP contribution in [0, 0.1) is 0 Å². The van der Waals surface area contributed by atoms with Gasteiger partial charge in [0.15, 0.2) is 5.82 Å². The Labute approximate surface area is 123 Å². The Hall–Kier alpha value is -2.69. The molecule has 0 amide bonds. The summed E-state index contributed by atoms with van der Waals surface area (Å²) in [5, 5.41) is 8.19. The molecular weight excluding hydrogens is 262 g/mol. The highest BCUT2D eigenvalue weighted by Gasteiger charge is 2.12. The first kappa shape index (κ1) is 13.3. The molecule has 0 saturated carbocycles. The fourth-order valence-corrected chi connectivity index (χ4v) is 2.29. The molecule has 2 heterocycles. The van der Waals surface area contributed by atoms with Gasteiger partial charge in [-0.25, -0.2) is 4.98 Å². The summed E-state index contributed by atoms with van der Waals surface area (Å²) in [6.07, 6.45) is 3.54. The van der Waals surface area contributed by atoms with Gasteiger partial charge in [-0.3, -0.25) is 0 Å². The van der Waals surface area contributed by atoms with Gasteiger partial charge in [-0.05, 0) is 23.3 Å². The Morgan fingerprint density at radius 1 is 1.05 bits per heavy atom. The standard InChI is InChI=1S/C16H17N5/c1-20(2)15-10-12(8-9-17-15)13-6-4-5-7-14(13)16-19-18-11-21(16)3/h4-11H,1-3H3. The van der Waals surface area contributed by atoms with Crippen LogP contribution in [0.5, 0.6) is 0 Å². The molecule has 0 aliphatic heterocycles. The molecule has 106 valence electrons. The normalized spacial score (nSPS) is 10.6. The van der Waals surface area contributed by atoms with Crippen molar-refractivity contribution < 1.29 is 0 Å². The number of rotatable bonds is 3. The maximum Gasteiger partial charge on any atom is 0.164 e. The fourth-order valence-electron chi connectivity index (χ4n) is 2.29. The maximum atomic E-state index is 4.37. The van der Waals surface area contributed by atoms with E-state index in [-0.39, 0.29) is 0 Å². The van der Waals surface area contributed by atoms with Crippen LogP contribution in [0.2, 0.25) is 0 Å². The third kappa shape index (κ3) is 2.50. The van der Waals surface area contributed by atoms with Crippen molar-refractivity contribution in [2.75, 3.05) is 19.0 Å². The highest BCUT2D eigenvalue weighted by molar-refractivity contribution is 5.81. The molecule has 5 heteroatoms. The Morgan fingerprint density at radius 3 is 2.48 bits per heavy atom. The van der Waals surface area contributed by atoms with Crippen molar-refractivity contribution >= 4 is 5.82 Å². The van der Waals surface area contributed by atoms with Crippen LogP contribution in [0.15, 0.2) is 48.9 Å². The minimum Gasteiger partial charge on any atom is -0.363 e. The number of hydrogen-bond donors (Lipinski definition) is 0. The lowest BCUT2D eigenvalue weighted by molar-refractivity contribution is 0.920. The Bertz CT molecular complexity index is 761. The van der Waals surface area contributed by atoms with E-state index >= 15 is 0 Å². The largest absolute Gasteiger partial charge is 0.363 e. The highest BCUT2D eigenvalue weighted by Crippen LogP contribution is 2.31. The van der Waals surface area contributed by atoms with E-state index in [2.05, 4.69) is 33.4 Å². The van der Waals surface area contributed by atoms with Gasteiger partial charge in [-0.15, -0.1) is 10.2 Å².